The first-order chi connectivity index (χ1) is 6.13. The van der Waals surface area contributed by atoms with Crippen LogP contribution in [0.3, 0.4) is 0 Å². The van der Waals surface area contributed by atoms with E-state index in [-0.39, 0.29) is 5.84 Å². The highest BCUT2D eigenvalue weighted by Crippen LogP contribution is 2.05. The summed E-state index contributed by atoms with van der Waals surface area (Å²) >= 11 is 0. The van der Waals surface area contributed by atoms with Crippen LogP contribution >= 0.6 is 0 Å². The molecule has 13 heavy (non-hydrogen) atoms. The van der Waals surface area contributed by atoms with Gasteiger partial charge in [-0.25, -0.2) is 4.98 Å². The standard InChI is InChI=1S/C8H14N4O/c1-6(2)12-4-7(10-5-12)3-8(9)11-13/h4-6,13H,3H2,1-2H3,(H2,9,11). The fourth-order valence-electron chi connectivity index (χ4n) is 0.974. The molecule has 0 bridgehead atoms. The highest BCUT2D eigenvalue weighted by molar-refractivity contribution is 5.81. The molecule has 0 amide bonds. The molecule has 1 aromatic rings. The van der Waals surface area contributed by atoms with Crippen molar-refractivity contribution in [2.24, 2.45) is 10.9 Å². The first-order valence-electron chi connectivity index (χ1n) is 4.12. The smallest absolute Gasteiger partial charge is 0.145 e. The number of nitrogens with zero attached hydrogens (tertiary/aromatic N) is 3. The quantitative estimate of drug-likeness (QED) is 0.313. The van der Waals surface area contributed by atoms with Crippen LogP contribution in [-0.4, -0.2) is 20.6 Å². The summed E-state index contributed by atoms with van der Waals surface area (Å²) in [5, 5.41) is 11.2. The van der Waals surface area contributed by atoms with E-state index in [1.807, 2.05) is 10.8 Å². The minimum Gasteiger partial charge on any atom is -0.409 e. The van der Waals surface area contributed by atoms with E-state index in [0.29, 0.717) is 12.5 Å². The number of amidine groups is 1. The SMILES string of the molecule is CC(C)n1cnc(C/C(N)=N/O)c1. The minimum atomic E-state index is 0.175. The number of oxime groups is 1. The maximum Gasteiger partial charge on any atom is 0.145 e. The molecule has 0 unspecified atom stereocenters. The Morgan fingerprint density at radius 2 is 2.46 bits per heavy atom. The van der Waals surface area contributed by atoms with Gasteiger partial charge in [0.25, 0.3) is 0 Å². The summed E-state index contributed by atoms with van der Waals surface area (Å²) in [5.74, 6) is 0.175. The average Bonchev–Trinajstić information content (AvgIpc) is 2.52. The van der Waals surface area contributed by atoms with E-state index < -0.39 is 0 Å². The third-order valence-electron chi connectivity index (χ3n) is 1.74. The molecule has 0 aromatic carbocycles. The van der Waals surface area contributed by atoms with E-state index in [0.717, 1.165) is 5.69 Å². The Morgan fingerprint density at radius 3 is 2.92 bits per heavy atom. The van der Waals surface area contributed by atoms with Gasteiger partial charge in [-0.05, 0) is 13.8 Å². The molecule has 72 valence electrons. The van der Waals surface area contributed by atoms with Gasteiger partial charge in [-0.1, -0.05) is 5.16 Å². The first-order valence-corrected chi connectivity index (χ1v) is 4.12. The van der Waals surface area contributed by atoms with Crippen molar-refractivity contribution in [1.29, 1.82) is 0 Å². The highest BCUT2D eigenvalue weighted by atomic mass is 16.4. The summed E-state index contributed by atoms with van der Waals surface area (Å²) in [6.07, 6.45) is 4.02. The Hall–Kier alpha value is -1.52. The first kappa shape index (κ1) is 9.57. The summed E-state index contributed by atoms with van der Waals surface area (Å²) in [6.45, 7) is 4.13. The van der Waals surface area contributed by atoms with Crippen LogP contribution in [0.15, 0.2) is 17.7 Å². The van der Waals surface area contributed by atoms with Crippen molar-refractivity contribution in [3.8, 4) is 0 Å². The lowest BCUT2D eigenvalue weighted by molar-refractivity contribution is 0.317. The number of aromatic nitrogens is 2. The zero-order valence-corrected chi connectivity index (χ0v) is 7.81. The molecule has 1 aromatic heterocycles. The summed E-state index contributed by atoms with van der Waals surface area (Å²) in [4.78, 5) is 4.12. The Balaban J connectivity index is 2.69. The van der Waals surface area contributed by atoms with E-state index in [1.165, 1.54) is 0 Å². The molecule has 0 aliphatic heterocycles. The predicted molar refractivity (Wildman–Crippen MR) is 49.7 cm³/mol. The van der Waals surface area contributed by atoms with E-state index >= 15 is 0 Å². The topological polar surface area (TPSA) is 76.4 Å². The fraction of sp³-hybridized carbons (Fsp3) is 0.500. The van der Waals surface area contributed by atoms with Crippen LogP contribution in [0.1, 0.15) is 25.6 Å². The summed E-state index contributed by atoms with van der Waals surface area (Å²) in [5.41, 5.74) is 6.15. The monoisotopic (exact) mass is 182 g/mol. The Labute approximate surface area is 76.9 Å². The number of hydrogen-bond acceptors (Lipinski definition) is 3. The maximum absolute atomic E-state index is 8.34. The number of nitrogens with two attached hydrogens (primary N) is 1. The molecule has 0 saturated carbocycles. The van der Waals surface area contributed by atoms with Gasteiger partial charge in [-0.15, -0.1) is 0 Å². The molecule has 1 heterocycles. The predicted octanol–water partition coefficient (Wildman–Crippen LogP) is 0.753. The van der Waals surface area contributed by atoms with Crippen molar-refractivity contribution in [1.82, 2.24) is 9.55 Å². The molecule has 0 saturated heterocycles. The Morgan fingerprint density at radius 1 is 1.77 bits per heavy atom. The minimum absolute atomic E-state index is 0.175. The molecule has 0 aliphatic rings. The van der Waals surface area contributed by atoms with Gasteiger partial charge in [0.05, 0.1) is 18.4 Å². The molecule has 5 heteroatoms. The van der Waals surface area contributed by atoms with Crippen LogP contribution in [0.2, 0.25) is 0 Å². The van der Waals surface area contributed by atoms with E-state index in [2.05, 4.69) is 24.0 Å². The molecular formula is C8H14N4O. The average molecular weight is 182 g/mol. The van der Waals surface area contributed by atoms with E-state index in [9.17, 15) is 0 Å². The van der Waals surface area contributed by atoms with Crippen LogP contribution in [0.4, 0.5) is 0 Å². The normalized spacial score (nSPS) is 12.4. The van der Waals surface area contributed by atoms with Gasteiger partial charge in [0.2, 0.25) is 0 Å². The lowest BCUT2D eigenvalue weighted by Gasteiger charge is -2.03. The van der Waals surface area contributed by atoms with Crippen LogP contribution in [0.5, 0.6) is 0 Å². The van der Waals surface area contributed by atoms with Gasteiger partial charge in [-0.2, -0.15) is 0 Å². The third-order valence-corrected chi connectivity index (χ3v) is 1.74. The van der Waals surface area contributed by atoms with Crippen molar-refractivity contribution < 1.29 is 5.21 Å². The van der Waals surface area contributed by atoms with Crippen LogP contribution in [0, 0.1) is 0 Å². The molecule has 5 nitrogen and oxygen atoms in total. The molecular weight excluding hydrogens is 168 g/mol. The second kappa shape index (κ2) is 3.93. The fourth-order valence-corrected chi connectivity index (χ4v) is 0.974. The summed E-state index contributed by atoms with van der Waals surface area (Å²) in [7, 11) is 0. The molecule has 3 N–H and O–H groups in total. The molecule has 0 atom stereocenters. The van der Waals surface area contributed by atoms with Gasteiger partial charge in [0.1, 0.15) is 5.84 Å². The number of hydrogen-bond donors (Lipinski definition) is 2. The second-order valence-electron chi connectivity index (χ2n) is 3.17. The van der Waals surface area contributed by atoms with Gasteiger partial charge < -0.3 is 15.5 Å². The lowest BCUT2D eigenvalue weighted by atomic mass is 10.3. The van der Waals surface area contributed by atoms with Gasteiger partial charge in [-0.3, -0.25) is 0 Å². The Bertz CT molecular complexity index is 303. The number of imidazole rings is 1. The largest absolute Gasteiger partial charge is 0.409 e. The molecule has 0 aliphatic carbocycles. The maximum atomic E-state index is 8.34. The van der Waals surface area contributed by atoms with Crippen LogP contribution in [-0.2, 0) is 6.42 Å². The molecule has 1 rings (SSSR count). The molecule has 0 spiro atoms. The van der Waals surface area contributed by atoms with E-state index in [4.69, 9.17) is 10.9 Å². The second-order valence-corrected chi connectivity index (χ2v) is 3.17. The Kier molecular flexibility index (Phi) is 2.89. The van der Waals surface area contributed by atoms with Gasteiger partial charge in [0, 0.05) is 12.2 Å². The third kappa shape index (κ3) is 2.47. The molecule has 0 radical (unpaired) electrons. The lowest BCUT2D eigenvalue weighted by Crippen LogP contribution is -2.14. The van der Waals surface area contributed by atoms with E-state index in [1.54, 1.807) is 6.33 Å². The number of rotatable bonds is 3. The van der Waals surface area contributed by atoms with Gasteiger partial charge in [0.15, 0.2) is 0 Å². The van der Waals surface area contributed by atoms with Crippen molar-refractivity contribution in [3.63, 3.8) is 0 Å². The van der Waals surface area contributed by atoms with Crippen molar-refractivity contribution in [2.45, 2.75) is 26.3 Å². The van der Waals surface area contributed by atoms with Crippen LogP contribution < -0.4 is 5.73 Å². The highest BCUT2D eigenvalue weighted by Gasteiger charge is 2.03. The summed E-state index contributed by atoms with van der Waals surface area (Å²) in [6, 6.07) is 0.383. The zero-order chi connectivity index (χ0) is 9.84. The van der Waals surface area contributed by atoms with Crippen LogP contribution in [0.25, 0.3) is 0 Å². The van der Waals surface area contributed by atoms with Crippen molar-refractivity contribution in [2.75, 3.05) is 0 Å². The van der Waals surface area contributed by atoms with Crippen molar-refractivity contribution >= 4 is 5.84 Å². The van der Waals surface area contributed by atoms with Gasteiger partial charge >= 0.3 is 0 Å². The summed E-state index contributed by atoms with van der Waals surface area (Å²) < 4.78 is 1.97. The molecule has 0 fully saturated rings. The zero-order valence-electron chi connectivity index (χ0n) is 7.81. The van der Waals surface area contributed by atoms with Crippen molar-refractivity contribution in [3.05, 3.63) is 18.2 Å².